The third kappa shape index (κ3) is 2.78. The van der Waals surface area contributed by atoms with Gasteiger partial charge in [0.05, 0.1) is 11.8 Å². The molecule has 4 nitrogen and oxygen atoms in total. The van der Waals surface area contributed by atoms with Crippen molar-refractivity contribution in [3.05, 3.63) is 12.2 Å². The molecular formula is C27H38O4. The Balaban J connectivity index is 1.34. The van der Waals surface area contributed by atoms with Gasteiger partial charge < -0.3 is 9.47 Å². The van der Waals surface area contributed by atoms with Crippen LogP contribution in [-0.2, 0) is 19.1 Å². The van der Waals surface area contributed by atoms with E-state index < -0.39 is 11.2 Å². The van der Waals surface area contributed by atoms with Gasteiger partial charge >= 0.3 is 11.9 Å². The van der Waals surface area contributed by atoms with E-state index in [9.17, 15) is 9.59 Å². The van der Waals surface area contributed by atoms with Gasteiger partial charge in [0.1, 0.15) is 11.2 Å². The molecule has 0 spiro atoms. The van der Waals surface area contributed by atoms with Crippen LogP contribution in [-0.4, -0.2) is 23.1 Å². The molecule has 6 aliphatic rings. The summed E-state index contributed by atoms with van der Waals surface area (Å²) in [6.45, 7) is 11.5. The van der Waals surface area contributed by atoms with Crippen LogP contribution in [0.2, 0.25) is 0 Å². The maximum Gasteiger partial charge on any atom is 0.310 e. The summed E-state index contributed by atoms with van der Waals surface area (Å²) in [5.41, 5.74) is -1.07. The zero-order chi connectivity index (χ0) is 22.0. The molecule has 0 saturated heterocycles. The van der Waals surface area contributed by atoms with Gasteiger partial charge in [-0.3, -0.25) is 9.59 Å². The predicted octanol–water partition coefficient (Wildman–Crippen LogP) is 4.87. The molecule has 0 amide bonds. The maximum atomic E-state index is 13.4. The largest absolute Gasteiger partial charge is 0.460 e. The van der Waals surface area contributed by atoms with E-state index in [0.717, 1.165) is 41.9 Å². The van der Waals surface area contributed by atoms with E-state index in [0.29, 0.717) is 23.7 Å². The van der Waals surface area contributed by atoms with Crippen LogP contribution in [0.1, 0.15) is 60.8 Å². The molecule has 31 heavy (non-hydrogen) atoms. The Kier molecular flexibility index (Phi) is 4.04. The van der Waals surface area contributed by atoms with E-state index >= 15 is 0 Å². The number of hydrogen-bond acceptors (Lipinski definition) is 4. The van der Waals surface area contributed by atoms with Crippen LogP contribution >= 0.6 is 0 Å². The van der Waals surface area contributed by atoms with Crippen molar-refractivity contribution < 1.29 is 19.1 Å². The van der Waals surface area contributed by atoms with E-state index in [1.807, 2.05) is 41.5 Å². The van der Waals surface area contributed by atoms with Crippen molar-refractivity contribution in [3.63, 3.8) is 0 Å². The predicted molar refractivity (Wildman–Crippen MR) is 117 cm³/mol. The SMILES string of the molecule is CC(C)(C)OC(=O)C1C2CC(C1C(=O)OC(C)(C)C)C1C3CC(C4C5C=CC(C5)C34)C21. The van der Waals surface area contributed by atoms with Crippen molar-refractivity contribution in [3.8, 4) is 0 Å². The zero-order valence-corrected chi connectivity index (χ0v) is 19.8. The van der Waals surface area contributed by atoms with Gasteiger partial charge in [0.15, 0.2) is 0 Å². The first-order valence-corrected chi connectivity index (χ1v) is 12.6. The molecule has 0 aromatic heterocycles. The molecule has 12 unspecified atom stereocenters. The van der Waals surface area contributed by atoms with E-state index in [-0.39, 0.29) is 23.8 Å². The van der Waals surface area contributed by atoms with Gasteiger partial charge in [-0.05, 0) is 120 Å². The second kappa shape index (κ2) is 6.17. The summed E-state index contributed by atoms with van der Waals surface area (Å²) in [6.07, 6.45) is 8.67. The highest BCUT2D eigenvalue weighted by molar-refractivity contribution is 5.84. The van der Waals surface area contributed by atoms with Crippen molar-refractivity contribution in [1.82, 2.24) is 0 Å². The summed E-state index contributed by atoms with van der Waals surface area (Å²) in [5, 5.41) is 0. The fourth-order valence-corrected chi connectivity index (χ4v) is 9.65. The average molecular weight is 427 g/mol. The van der Waals surface area contributed by atoms with Gasteiger partial charge in [0, 0.05) is 0 Å². The average Bonchev–Trinajstić information content (AvgIpc) is 3.43. The molecule has 170 valence electrons. The number of rotatable bonds is 2. The molecule has 12 atom stereocenters. The van der Waals surface area contributed by atoms with Gasteiger partial charge in [-0.25, -0.2) is 0 Å². The number of hydrogen-bond donors (Lipinski definition) is 0. The quantitative estimate of drug-likeness (QED) is 0.359. The second-order valence-electron chi connectivity index (χ2n) is 13.5. The van der Waals surface area contributed by atoms with Gasteiger partial charge in [-0.15, -0.1) is 0 Å². The summed E-state index contributed by atoms with van der Waals surface area (Å²) in [5.74, 6) is 5.53. The number of carbonyl (C=O) groups is 2. The van der Waals surface area contributed by atoms with Crippen molar-refractivity contribution in [1.29, 1.82) is 0 Å². The highest BCUT2D eigenvalue weighted by Crippen LogP contribution is 2.77. The molecule has 4 heteroatoms. The van der Waals surface area contributed by atoms with Gasteiger partial charge in [0.2, 0.25) is 0 Å². The van der Waals surface area contributed by atoms with E-state index in [1.165, 1.54) is 12.8 Å². The number of esters is 2. The molecule has 6 bridgehead atoms. The summed E-state index contributed by atoms with van der Waals surface area (Å²) in [4.78, 5) is 26.9. The minimum Gasteiger partial charge on any atom is -0.460 e. The van der Waals surface area contributed by atoms with Gasteiger partial charge in [0.25, 0.3) is 0 Å². The van der Waals surface area contributed by atoms with Crippen LogP contribution in [0.5, 0.6) is 0 Å². The second-order valence-corrected chi connectivity index (χ2v) is 13.5. The molecule has 0 aromatic rings. The van der Waals surface area contributed by atoms with Crippen LogP contribution in [0.15, 0.2) is 12.2 Å². The minimum absolute atomic E-state index is 0.165. The highest BCUT2D eigenvalue weighted by Gasteiger charge is 2.74. The lowest BCUT2D eigenvalue weighted by molar-refractivity contribution is -0.180. The Morgan fingerprint density at radius 3 is 1.39 bits per heavy atom. The Bertz CT molecular complexity index is 778. The third-order valence-corrected chi connectivity index (χ3v) is 9.75. The maximum absolute atomic E-state index is 13.4. The summed E-state index contributed by atoms with van der Waals surface area (Å²) in [6, 6.07) is 0. The lowest BCUT2D eigenvalue weighted by Crippen LogP contribution is -2.50. The van der Waals surface area contributed by atoms with Crippen molar-refractivity contribution in [2.45, 2.75) is 72.0 Å². The van der Waals surface area contributed by atoms with Crippen LogP contribution < -0.4 is 0 Å². The minimum atomic E-state index is -0.536. The first-order chi connectivity index (χ1) is 14.4. The standard InChI is InChI=1S/C27H38O4/c1-26(2,3)30-24(28)22-16-11-17(23(22)25(29)31-27(4,5)6)21-15-10-14(20(16)21)18-12-7-8-13(9-12)19(15)18/h7-8,12-23H,9-11H2,1-6H3. The molecular weight excluding hydrogens is 388 g/mol. The lowest BCUT2D eigenvalue weighted by Gasteiger charge is -2.47. The summed E-state index contributed by atoms with van der Waals surface area (Å²) >= 11 is 0. The molecule has 6 rings (SSSR count). The monoisotopic (exact) mass is 426 g/mol. The Morgan fingerprint density at radius 2 is 1.00 bits per heavy atom. The zero-order valence-electron chi connectivity index (χ0n) is 19.8. The molecule has 6 aliphatic carbocycles. The fourth-order valence-electron chi connectivity index (χ4n) is 9.65. The Morgan fingerprint density at radius 1 is 0.613 bits per heavy atom. The van der Waals surface area contributed by atoms with Crippen LogP contribution in [0, 0.1) is 71.0 Å². The topological polar surface area (TPSA) is 52.6 Å². The van der Waals surface area contributed by atoms with E-state index in [2.05, 4.69) is 12.2 Å². The van der Waals surface area contributed by atoms with Gasteiger partial charge in [-0.1, -0.05) is 12.2 Å². The Labute approximate surface area is 186 Å². The number of carbonyl (C=O) groups excluding carboxylic acids is 2. The molecule has 0 aromatic carbocycles. The normalized spacial score (nSPS) is 50.6. The number of allylic oxidation sites excluding steroid dienone is 2. The number of fused-ring (bicyclic) bond motifs is 16. The van der Waals surface area contributed by atoms with Crippen LogP contribution in [0.3, 0.4) is 0 Å². The summed E-state index contributed by atoms with van der Waals surface area (Å²) in [7, 11) is 0. The number of ether oxygens (including phenoxy) is 2. The molecule has 0 radical (unpaired) electrons. The van der Waals surface area contributed by atoms with Crippen molar-refractivity contribution in [2.24, 2.45) is 71.0 Å². The molecule has 0 aliphatic heterocycles. The molecule has 5 saturated carbocycles. The van der Waals surface area contributed by atoms with E-state index in [4.69, 9.17) is 9.47 Å². The summed E-state index contributed by atoms with van der Waals surface area (Å²) < 4.78 is 11.8. The first kappa shape index (κ1) is 20.3. The molecule has 0 N–H and O–H groups in total. The first-order valence-electron chi connectivity index (χ1n) is 12.6. The van der Waals surface area contributed by atoms with Crippen molar-refractivity contribution >= 4 is 11.9 Å². The van der Waals surface area contributed by atoms with E-state index in [1.54, 1.807) is 0 Å². The third-order valence-electron chi connectivity index (χ3n) is 9.75. The molecule has 0 heterocycles. The molecule has 5 fully saturated rings. The smallest absolute Gasteiger partial charge is 0.310 e. The van der Waals surface area contributed by atoms with Crippen LogP contribution in [0.4, 0.5) is 0 Å². The highest BCUT2D eigenvalue weighted by atomic mass is 16.6. The van der Waals surface area contributed by atoms with Crippen molar-refractivity contribution in [2.75, 3.05) is 0 Å². The lowest BCUT2D eigenvalue weighted by atomic mass is 9.57. The van der Waals surface area contributed by atoms with Gasteiger partial charge in [-0.2, -0.15) is 0 Å². The Hall–Kier alpha value is -1.32. The fraction of sp³-hybridized carbons (Fsp3) is 0.852. The van der Waals surface area contributed by atoms with Crippen LogP contribution in [0.25, 0.3) is 0 Å².